The number of benzene rings is 1. The van der Waals surface area contributed by atoms with E-state index in [1.807, 2.05) is 0 Å². The number of nitrogen functional groups attached to an aromatic ring is 1. The molecule has 2 atom stereocenters. The molecule has 2 rings (SSSR count). The summed E-state index contributed by atoms with van der Waals surface area (Å²) in [6.45, 7) is -1.16. The number of alkyl halides is 3. The smallest absolute Gasteiger partial charge is 0.188 e. The third kappa shape index (κ3) is 3.39. The minimum absolute atomic E-state index is 0.0613. The first-order valence-electron chi connectivity index (χ1n) is 5.95. The fourth-order valence-corrected chi connectivity index (χ4v) is 2.34. The van der Waals surface area contributed by atoms with Crippen LogP contribution in [-0.4, -0.2) is 24.5 Å². The lowest BCUT2D eigenvalue weighted by atomic mass is 9.89. The van der Waals surface area contributed by atoms with E-state index in [1.54, 1.807) is 0 Å². The van der Waals surface area contributed by atoms with Crippen molar-refractivity contribution in [3.05, 3.63) is 29.6 Å². The molecule has 20 heavy (non-hydrogen) atoms. The number of hydrogen-bond donors (Lipinski definition) is 2. The average Bonchev–Trinajstić information content (AvgIpc) is 2.47. The maximum absolute atomic E-state index is 13.9. The summed E-state index contributed by atoms with van der Waals surface area (Å²) in [5, 5.41) is 2.66. The Morgan fingerprint density at radius 2 is 2.10 bits per heavy atom. The Kier molecular flexibility index (Phi) is 5.74. The molecular weight excluding hydrogens is 292 g/mol. The topological polar surface area (TPSA) is 38.0 Å². The first-order chi connectivity index (χ1) is 9.46. The van der Waals surface area contributed by atoms with Crippen molar-refractivity contribution in [1.29, 1.82) is 0 Å². The first kappa shape index (κ1) is 16.7. The van der Waals surface area contributed by atoms with Crippen LogP contribution in [0.3, 0.4) is 0 Å². The quantitative estimate of drug-likeness (QED) is 0.499. The standard InChI is InChI=1S/C12H13F3N2S.CH3F/c13-6-12(15)4-3-10(17-11(12)18)8-5-7(16)1-2-9(8)14;1-2/h1-2,5,10H,3-4,6,16H2,(H,17,18);1H3. The van der Waals surface area contributed by atoms with Crippen LogP contribution in [-0.2, 0) is 0 Å². The van der Waals surface area contributed by atoms with Crippen molar-refractivity contribution in [3.8, 4) is 0 Å². The molecule has 2 unspecified atom stereocenters. The van der Waals surface area contributed by atoms with Gasteiger partial charge >= 0.3 is 0 Å². The second kappa shape index (κ2) is 6.88. The van der Waals surface area contributed by atoms with E-state index in [0.717, 1.165) is 0 Å². The molecule has 1 saturated heterocycles. The highest BCUT2D eigenvalue weighted by Gasteiger charge is 2.41. The van der Waals surface area contributed by atoms with Crippen LogP contribution in [0.4, 0.5) is 23.2 Å². The van der Waals surface area contributed by atoms with E-state index in [-0.39, 0.29) is 17.8 Å². The Balaban J connectivity index is 0.000000956. The summed E-state index contributed by atoms with van der Waals surface area (Å²) < 4.78 is 49.6. The van der Waals surface area contributed by atoms with Crippen LogP contribution >= 0.6 is 12.2 Å². The Morgan fingerprint density at radius 3 is 2.65 bits per heavy atom. The van der Waals surface area contributed by atoms with Crippen LogP contribution in [0.1, 0.15) is 24.4 Å². The van der Waals surface area contributed by atoms with Gasteiger partial charge in [-0.15, -0.1) is 0 Å². The minimum atomic E-state index is -2.12. The molecule has 0 saturated carbocycles. The second-order valence-electron chi connectivity index (χ2n) is 4.44. The van der Waals surface area contributed by atoms with Crippen molar-refractivity contribution >= 4 is 22.9 Å². The summed E-state index contributed by atoms with van der Waals surface area (Å²) in [4.78, 5) is -0.205. The van der Waals surface area contributed by atoms with Gasteiger partial charge in [-0.1, -0.05) is 12.2 Å². The number of nitrogens with two attached hydrogens (primary N) is 1. The molecule has 3 N–H and O–H groups in total. The number of nitrogens with one attached hydrogen (secondary N) is 1. The molecule has 0 radical (unpaired) electrons. The van der Waals surface area contributed by atoms with Gasteiger partial charge in [0.15, 0.2) is 5.67 Å². The summed E-state index contributed by atoms with van der Waals surface area (Å²) in [5.74, 6) is -0.434. The number of thiocarbonyl (C=S) groups is 1. The van der Waals surface area contributed by atoms with Crippen molar-refractivity contribution in [2.24, 2.45) is 0 Å². The van der Waals surface area contributed by atoms with E-state index in [9.17, 15) is 17.6 Å². The normalized spacial score (nSPS) is 25.4. The fraction of sp³-hybridized carbons (Fsp3) is 0.462. The molecule has 7 heteroatoms. The fourth-order valence-electron chi connectivity index (χ4n) is 2.04. The molecule has 0 amide bonds. The molecule has 0 bridgehead atoms. The molecule has 1 aromatic carbocycles. The SMILES string of the molecule is CF.Nc1ccc(F)c(C2CCC(F)(CF)C(=S)N2)c1. The number of rotatable bonds is 2. The van der Waals surface area contributed by atoms with Crippen molar-refractivity contribution < 1.29 is 17.6 Å². The molecule has 1 heterocycles. The van der Waals surface area contributed by atoms with E-state index < -0.39 is 24.2 Å². The highest BCUT2D eigenvalue weighted by Crippen LogP contribution is 2.34. The lowest BCUT2D eigenvalue weighted by Gasteiger charge is -2.34. The van der Waals surface area contributed by atoms with Crippen LogP contribution in [0.2, 0.25) is 0 Å². The Morgan fingerprint density at radius 1 is 1.45 bits per heavy atom. The maximum atomic E-state index is 13.9. The van der Waals surface area contributed by atoms with Gasteiger partial charge in [0.05, 0.1) is 13.2 Å². The Bertz CT molecular complexity index is 483. The monoisotopic (exact) mass is 308 g/mol. The highest BCUT2D eigenvalue weighted by molar-refractivity contribution is 7.80. The van der Waals surface area contributed by atoms with E-state index >= 15 is 0 Å². The number of anilines is 1. The number of halogens is 4. The van der Waals surface area contributed by atoms with Gasteiger partial charge in [-0.25, -0.2) is 13.2 Å². The van der Waals surface area contributed by atoms with Crippen LogP contribution in [0, 0.1) is 5.82 Å². The average molecular weight is 308 g/mol. The van der Waals surface area contributed by atoms with Gasteiger partial charge in [0.2, 0.25) is 0 Å². The van der Waals surface area contributed by atoms with Crippen LogP contribution < -0.4 is 11.1 Å². The highest BCUT2D eigenvalue weighted by atomic mass is 32.1. The van der Waals surface area contributed by atoms with Crippen molar-refractivity contribution in [1.82, 2.24) is 5.32 Å². The molecule has 2 nitrogen and oxygen atoms in total. The van der Waals surface area contributed by atoms with Crippen LogP contribution in [0.25, 0.3) is 0 Å². The predicted octanol–water partition coefficient (Wildman–Crippen LogP) is 3.42. The number of piperidine rings is 1. The maximum Gasteiger partial charge on any atom is 0.188 e. The zero-order chi connectivity index (χ0) is 15.3. The Labute approximate surface area is 120 Å². The third-order valence-electron chi connectivity index (χ3n) is 3.15. The van der Waals surface area contributed by atoms with Gasteiger partial charge in [-0.05, 0) is 31.0 Å². The van der Waals surface area contributed by atoms with Gasteiger partial charge in [0.1, 0.15) is 17.5 Å². The van der Waals surface area contributed by atoms with E-state index in [4.69, 9.17) is 18.0 Å². The molecule has 1 aromatic rings. The predicted molar refractivity (Wildman–Crippen MR) is 75.4 cm³/mol. The summed E-state index contributed by atoms with van der Waals surface area (Å²) in [5.41, 5.74) is 4.21. The minimum Gasteiger partial charge on any atom is -0.399 e. The number of hydrogen-bond acceptors (Lipinski definition) is 2. The van der Waals surface area contributed by atoms with Crippen molar-refractivity contribution in [2.45, 2.75) is 24.6 Å². The van der Waals surface area contributed by atoms with Gasteiger partial charge < -0.3 is 11.1 Å². The molecule has 1 aliphatic heterocycles. The molecule has 0 spiro atoms. The van der Waals surface area contributed by atoms with E-state index in [2.05, 4.69) is 5.32 Å². The zero-order valence-corrected chi connectivity index (χ0v) is 11.7. The van der Waals surface area contributed by atoms with Crippen molar-refractivity contribution in [2.75, 3.05) is 19.6 Å². The van der Waals surface area contributed by atoms with Gasteiger partial charge in [0.25, 0.3) is 0 Å². The first-order valence-corrected chi connectivity index (χ1v) is 6.35. The lowest BCUT2D eigenvalue weighted by molar-refractivity contribution is 0.159. The Hall–Kier alpha value is -1.37. The van der Waals surface area contributed by atoms with Gasteiger partial charge in [-0.2, -0.15) is 0 Å². The zero-order valence-electron chi connectivity index (χ0n) is 10.9. The molecule has 1 aliphatic rings. The largest absolute Gasteiger partial charge is 0.399 e. The molecule has 0 aliphatic carbocycles. The van der Waals surface area contributed by atoms with E-state index in [1.165, 1.54) is 18.2 Å². The van der Waals surface area contributed by atoms with Gasteiger partial charge in [0, 0.05) is 11.3 Å². The lowest BCUT2D eigenvalue weighted by Crippen LogP contribution is -2.49. The summed E-state index contributed by atoms with van der Waals surface area (Å²) in [6, 6.07) is 3.72. The third-order valence-corrected chi connectivity index (χ3v) is 3.63. The molecular formula is C13H16F4N2S. The van der Waals surface area contributed by atoms with Crippen molar-refractivity contribution in [3.63, 3.8) is 0 Å². The summed E-state index contributed by atoms with van der Waals surface area (Å²) in [7, 11) is 0.500. The molecule has 0 aromatic heterocycles. The molecule has 1 fully saturated rings. The molecule has 112 valence electrons. The van der Waals surface area contributed by atoms with Crippen LogP contribution in [0.15, 0.2) is 18.2 Å². The van der Waals surface area contributed by atoms with Gasteiger partial charge in [-0.3, -0.25) is 4.39 Å². The van der Waals surface area contributed by atoms with Crippen LogP contribution in [0.5, 0.6) is 0 Å². The summed E-state index contributed by atoms with van der Waals surface area (Å²) >= 11 is 4.81. The second-order valence-corrected chi connectivity index (χ2v) is 4.85. The van der Waals surface area contributed by atoms with E-state index in [0.29, 0.717) is 18.4 Å². The summed E-state index contributed by atoms with van der Waals surface area (Å²) in [6.07, 6.45) is 0.204.